The molecular weight excluding hydrogens is 294 g/mol. The average Bonchev–Trinajstić information content (AvgIpc) is 2.99. The van der Waals surface area contributed by atoms with Crippen LogP contribution in [-0.4, -0.2) is 35.6 Å². The van der Waals surface area contributed by atoms with E-state index < -0.39 is 5.72 Å². The zero-order chi connectivity index (χ0) is 15.0. The molecule has 0 aromatic carbocycles. The number of nitrogens with zero attached hydrogens (tertiary/aromatic N) is 1. The summed E-state index contributed by atoms with van der Waals surface area (Å²) in [7, 11) is 0. The molecule has 0 aliphatic carbocycles. The topological polar surface area (TPSA) is 79.9 Å². The van der Waals surface area contributed by atoms with Gasteiger partial charge in [0.2, 0.25) is 0 Å². The van der Waals surface area contributed by atoms with Gasteiger partial charge >= 0.3 is 0 Å². The van der Waals surface area contributed by atoms with Crippen LogP contribution in [-0.2, 0) is 9.68 Å². The van der Waals surface area contributed by atoms with Gasteiger partial charge in [-0.2, -0.15) is 0 Å². The zero-order valence-corrected chi connectivity index (χ0v) is 12.7. The monoisotopic (exact) mass is 311 g/mol. The maximum Gasteiger partial charge on any atom is 0.266 e. The van der Waals surface area contributed by atoms with Crippen LogP contribution in [0.25, 0.3) is 0 Å². The van der Waals surface area contributed by atoms with E-state index in [-0.39, 0.29) is 11.8 Å². The van der Waals surface area contributed by atoms with Gasteiger partial charge in [-0.05, 0) is 13.3 Å². The van der Waals surface area contributed by atoms with Crippen LogP contribution in [0.15, 0.2) is 5.38 Å². The predicted octanol–water partition coefficient (Wildman–Crippen LogP) is 1.74. The molecule has 7 nitrogen and oxygen atoms in total. The molecule has 0 radical (unpaired) electrons. The Morgan fingerprint density at radius 1 is 1.48 bits per heavy atom. The number of nitrogens with one attached hydrogen (secondary N) is 2. The fourth-order valence-corrected chi connectivity index (χ4v) is 3.42. The van der Waals surface area contributed by atoms with Gasteiger partial charge in [0.1, 0.15) is 5.00 Å². The van der Waals surface area contributed by atoms with Gasteiger partial charge in [-0.15, -0.1) is 11.3 Å². The number of fused-ring (bicyclic) bond motifs is 1. The summed E-state index contributed by atoms with van der Waals surface area (Å²) in [4.78, 5) is 36.6. The lowest BCUT2D eigenvalue weighted by molar-refractivity contribution is -0.302. The minimum absolute atomic E-state index is 0.318. The van der Waals surface area contributed by atoms with Gasteiger partial charge in [0.05, 0.1) is 17.7 Å². The van der Waals surface area contributed by atoms with Crippen molar-refractivity contribution in [2.24, 2.45) is 0 Å². The second-order valence-electron chi connectivity index (χ2n) is 5.18. The van der Waals surface area contributed by atoms with E-state index in [0.717, 1.165) is 18.0 Å². The van der Waals surface area contributed by atoms with Gasteiger partial charge in [-0.25, -0.2) is 9.74 Å². The van der Waals surface area contributed by atoms with Crippen LogP contribution in [0.3, 0.4) is 0 Å². The van der Waals surface area contributed by atoms with E-state index in [9.17, 15) is 9.59 Å². The minimum atomic E-state index is -1.04. The first-order valence-electron chi connectivity index (χ1n) is 6.87. The predicted molar refractivity (Wildman–Crippen MR) is 76.8 cm³/mol. The van der Waals surface area contributed by atoms with Gasteiger partial charge in [0.25, 0.3) is 11.8 Å². The molecule has 1 fully saturated rings. The Morgan fingerprint density at radius 2 is 2.29 bits per heavy atom. The highest BCUT2D eigenvalue weighted by Crippen LogP contribution is 2.39. The van der Waals surface area contributed by atoms with Gasteiger partial charge in [-0.1, -0.05) is 12.6 Å². The van der Waals surface area contributed by atoms with Crippen molar-refractivity contribution in [3.8, 4) is 0 Å². The van der Waals surface area contributed by atoms with Crippen molar-refractivity contribution in [1.29, 1.82) is 0 Å². The number of hydrogen-bond acceptors (Lipinski definition) is 7. The number of anilines is 1. The molecule has 2 aliphatic heterocycles. The zero-order valence-electron chi connectivity index (χ0n) is 11.9. The molecular formula is C13H17N3O4S. The van der Waals surface area contributed by atoms with E-state index in [1.165, 1.54) is 16.2 Å². The highest BCUT2D eigenvalue weighted by atomic mass is 32.1. The molecule has 1 atom stereocenters. The molecule has 2 N–H and O–H groups in total. The van der Waals surface area contributed by atoms with Gasteiger partial charge in [0.15, 0.2) is 5.72 Å². The number of thiophene rings is 1. The van der Waals surface area contributed by atoms with Crippen LogP contribution in [0, 0.1) is 0 Å². The highest BCUT2D eigenvalue weighted by molar-refractivity contribution is 7.15. The van der Waals surface area contributed by atoms with Crippen molar-refractivity contribution in [3.63, 3.8) is 0 Å². The molecule has 2 aliphatic rings. The lowest BCUT2D eigenvalue weighted by Crippen LogP contribution is -2.57. The molecule has 1 aromatic rings. The molecule has 0 saturated carbocycles. The maximum atomic E-state index is 12.7. The fraction of sp³-hybridized carbons (Fsp3) is 0.538. The SMILES string of the molecule is CCCNc1scc2c1C(=O)N([C@]1(C)CCONO1)C2=O. The Balaban J connectivity index is 1.91. The maximum absolute atomic E-state index is 12.7. The third-order valence-electron chi connectivity index (χ3n) is 3.64. The molecule has 1 aromatic heterocycles. The molecule has 0 spiro atoms. The molecule has 21 heavy (non-hydrogen) atoms. The third kappa shape index (κ3) is 2.24. The summed E-state index contributed by atoms with van der Waals surface area (Å²) in [5.41, 5.74) is 2.16. The Kier molecular flexibility index (Phi) is 3.70. The lowest BCUT2D eigenvalue weighted by Gasteiger charge is -2.38. The number of hydrogen-bond donors (Lipinski definition) is 2. The van der Waals surface area contributed by atoms with E-state index in [1.54, 1.807) is 12.3 Å². The molecule has 8 heteroatoms. The van der Waals surface area contributed by atoms with Crippen LogP contribution < -0.4 is 11.0 Å². The molecule has 0 bridgehead atoms. The molecule has 2 amide bonds. The van der Waals surface area contributed by atoms with E-state index in [4.69, 9.17) is 9.68 Å². The second-order valence-corrected chi connectivity index (χ2v) is 6.06. The number of amides is 2. The number of imide groups is 1. The van der Waals surface area contributed by atoms with Crippen molar-refractivity contribution in [2.75, 3.05) is 18.5 Å². The van der Waals surface area contributed by atoms with Crippen LogP contribution in [0.1, 0.15) is 47.4 Å². The van der Waals surface area contributed by atoms with Crippen molar-refractivity contribution in [1.82, 2.24) is 10.5 Å². The van der Waals surface area contributed by atoms with Crippen LogP contribution in [0.5, 0.6) is 0 Å². The first-order valence-corrected chi connectivity index (χ1v) is 7.75. The summed E-state index contributed by atoms with van der Waals surface area (Å²) in [6.45, 7) is 4.87. The lowest BCUT2D eigenvalue weighted by atomic mass is 10.1. The second kappa shape index (κ2) is 5.38. The quantitative estimate of drug-likeness (QED) is 0.825. The molecule has 1 saturated heterocycles. The smallest absolute Gasteiger partial charge is 0.266 e. The molecule has 0 unspecified atom stereocenters. The molecule has 3 rings (SSSR count). The Labute approximate surface area is 126 Å². The summed E-state index contributed by atoms with van der Waals surface area (Å²) in [5.74, 6) is -0.636. The fourth-order valence-electron chi connectivity index (χ4n) is 2.46. The van der Waals surface area contributed by atoms with E-state index in [2.05, 4.69) is 11.0 Å². The number of carbonyl (C=O) groups is 2. The first-order chi connectivity index (χ1) is 10.1. The van der Waals surface area contributed by atoms with Crippen LogP contribution in [0.2, 0.25) is 0 Å². The Bertz CT molecular complexity index is 580. The summed E-state index contributed by atoms with van der Waals surface area (Å²) in [6.07, 6.45) is 1.36. The van der Waals surface area contributed by atoms with Crippen molar-refractivity contribution in [3.05, 3.63) is 16.5 Å². The van der Waals surface area contributed by atoms with Crippen molar-refractivity contribution < 1.29 is 19.3 Å². The summed E-state index contributed by atoms with van der Waals surface area (Å²) >= 11 is 1.39. The third-order valence-corrected chi connectivity index (χ3v) is 4.58. The number of carbonyl (C=O) groups excluding carboxylic acids is 2. The van der Waals surface area contributed by atoms with Crippen LogP contribution >= 0.6 is 11.3 Å². The Hall–Kier alpha value is -1.48. The molecule has 3 heterocycles. The van der Waals surface area contributed by atoms with Crippen molar-refractivity contribution >= 4 is 28.2 Å². The number of rotatable bonds is 4. The molecule has 114 valence electrons. The van der Waals surface area contributed by atoms with Gasteiger partial charge < -0.3 is 5.32 Å². The summed E-state index contributed by atoms with van der Waals surface area (Å²) in [6, 6.07) is 0. The van der Waals surface area contributed by atoms with Crippen molar-refractivity contribution in [2.45, 2.75) is 32.4 Å². The van der Waals surface area contributed by atoms with Gasteiger partial charge in [-0.3, -0.25) is 14.4 Å². The van der Waals surface area contributed by atoms with E-state index in [0.29, 0.717) is 24.2 Å². The highest BCUT2D eigenvalue weighted by Gasteiger charge is 2.50. The average molecular weight is 311 g/mol. The van der Waals surface area contributed by atoms with Gasteiger partial charge in [0, 0.05) is 18.3 Å². The van der Waals surface area contributed by atoms with Crippen LogP contribution in [0.4, 0.5) is 5.00 Å². The standard InChI is InChI=1S/C13H17N3O4S/c1-3-5-14-10-9-8(7-21-10)11(17)16(12(9)18)13(2)4-6-19-15-20-13/h7,14-15H,3-6H2,1-2H3/t13-/m0/s1. The normalized spacial score (nSPS) is 25.3. The largest absolute Gasteiger partial charge is 0.376 e. The first kappa shape index (κ1) is 14.5. The van der Waals surface area contributed by atoms with E-state index in [1.807, 2.05) is 6.92 Å². The van der Waals surface area contributed by atoms with E-state index >= 15 is 0 Å². The summed E-state index contributed by atoms with van der Waals surface area (Å²) in [5, 5.41) is 5.67. The summed E-state index contributed by atoms with van der Waals surface area (Å²) < 4.78 is 0. The Morgan fingerprint density at radius 3 is 2.95 bits per heavy atom. The minimum Gasteiger partial charge on any atom is -0.376 e.